The predicted molar refractivity (Wildman–Crippen MR) is 78.2 cm³/mol. The summed E-state index contributed by atoms with van der Waals surface area (Å²) < 4.78 is 13.7. The monoisotopic (exact) mass is 341 g/mol. The van der Waals surface area contributed by atoms with Gasteiger partial charge in [0, 0.05) is 10.2 Å². The molecule has 0 unspecified atom stereocenters. The van der Waals surface area contributed by atoms with E-state index in [1.54, 1.807) is 25.1 Å². The summed E-state index contributed by atoms with van der Waals surface area (Å²) in [4.78, 5) is 12.1. The molecule has 2 aromatic rings. The lowest BCUT2D eigenvalue weighted by molar-refractivity contribution is 0.102. The molecule has 0 fully saturated rings. The van der Waals surface area contributed by atoms with Crippen LogP contribution in [0.2, 0.25) is 5.02 Å². The lowest BCUT2D eigenvalue weighted by atomic mass is 10.1. The van der Waals surface area contributed by atoms with Gasteiger partial charge in [-0.1, -0.05) is 27.5 Å². The van der Waals surface area contributed by atoms with Gasteiger partial charge in [-0.15, -0.1) is 0 Å². The topological polar surface area (TPSA) is 29.1 Å². The molecular weight excluding hydrogens is 333 g/mol. The molecule has 0 aliphatic rings. The van der Waals surface area contributed by atoms with Crippen molar-refractivity contribution in [1.82, 2.24) is 0 Å². The van der Waals surface area contributed by atoms with E-state index in [9.17, 15) is 9.18 Å². The summed E-state index contributed by atoms with van der Waals surface area (Å²) in [5.41, 5.74) is 1.57. The van der Waals surface area contributed by atoms with Crippen LogP contribution in [0.25, 0.3) is 0 Å². The first-order valence-electron chi connectivity index (χ1n) is 5.50. The zero-order valence-corrected chi connectivity index (χ0v) is 12.3. The van der Waals surface area contributed by atoms with Crippen LogP contribution < -0.4 is 5.32 Å². The normalized spacial score (nSPS) is 10.3. The molecule has 1 amide bonds. The van der Waals surface area contributed by atoms with E-state index in [1.807, 2.05) is 0 Å². The molecule has 0 radical (unpaired) electrons. The summed E-state index contributed by atoms with van der Waals surface area (Å²) in [6.07, 6.45) is 0. The minimum absolute atomic E-state index is 0.332. The third kappa shape index (κ3) is 3.33. The Kier molecular flexibility index (Phi) is 4.22. The minimum Gasteiger partial charge on any atom is -0.322 e. The van der Waals surface area contributed by atoms with Crippen molar-refractivity contribution in [2.75, 3.05) is 5.32 Å². The molecule has 1 N–H and O–H groups in total. The van der Waals surface area contributed by atoms with E-state index in [4.69, 9.17) is 11.6 Å². The van der Waals surface area contributed by atoms with Crippen molar-refractivity contribution in [2.24, 2.45) is 0 Å². The molecule has 0 aliphatic heterocycles. The molecular formula is C14H10BrClFNO. The molecule has 0 atom stereocenters. The van der Waals surface area contributed by atoms with Gasteiger partial charge in [0.25, 0.3) is 5.91 Å². The summed E-state index contributed by atoms with van der Waals surface area (Å²) in [6.45, 7) is 1.72. The summed E-state index contributed by atoms with van der Waals surface area (Å²) in [7, 11) is 0. The fraction of sp³-hybridized carbons (Fsp3) is 0.0714. The van der Waals surface area contributed by atoms with E-state index in [-0.39, 0.29) is 11.7 Å². The van der Waals surface area contributed by atoms with Crippen LogP contribution in [0.5, 0.6) is 0 Å². The van der Waals surface area contributed by atoms with Crippen LogP contribution in [0.4, 0.5) is 10.1 Å². The van der Waals surface area contributed by atoms with Crippen molar-refractivity contribution in [3.63, 3.8) is 0 Å². The maximum absolute atomic E-state index is 13.0. The van der Waals surface area contributed by atoms with E-state index in [1.165, 1.54) is 18.2 Å². The van der Waals surface area contributed by atoms with E-state index in [0.717, 1.165) is 4.47 Å². The van der Waals surface area contributed by atoms with Gasteiger partial charge in [0.2, 0.25) is 0 Å². The van der Waals surface area contributed by atoms with Gasteiger partial charge in [0.15, 0.2) is 0 Å². The van der Waals surface area contributed by atoms with Crippen LogP contribution in [0, 0.1) is 12.7 Å². The number of carbonyl (C=O) groups is 1. The first kappa shape index (κ1) is 14.0. The molecule has 2 rings (SSSR count). The molecule has 0 saturated carbocycles. The van der Waals surface area contributed by atoms with Crippen LogP contribution in [-0.4, -0.2) is 5.91 Å². The first-order valence-corrected chi connectivity index (χ1v) is 6.67. The van der Waals surface area contributed by atoms with Crippen molar-refractivity contribution in [3.05, 3.63) is 62.8 Å². The van der Waals surface area contributed by atoms with Gasteiger partial charge in [0.1, 0.15) is 5.82 Å². The number of hydrogen-bond acceptors (Lipinski definition) is 1. The average Bonchev–Trinajstić information content (AvgIpc) is 2.35. The van der Waals surface area contributed by atoms with Crippen LogP contribution in [0.3, 0.4) is 0 Å². The molecule has 0 bridgehead atoms. The average molecular weight is 343 g/mol. The molecule has 0 saturated heterocycles. The lowest BCUT2D eigenvalue weighted by Crippen LogP contribution is -2.13. The first-order chi connectivity index (χ1) is 8.97. The molecule has 2 nitrogen and oxygen atoms in total. The van der Waals surface area contributed by atoms with Gasteiger partial charge in [-0.05, 0) is 48.9 Å². The highest BCUT2D eigenvalue weighted by molar-refractivity contribution is 9.10. The Bertz CT molecular complexity index is 645. The Morgan fingerprint density at radius 1 is 1.26 bits per heavy atom. The zero-order valence-electron chi connectivity index (χ0n) is 10.0. The highest BCUT2D eigenvalue weighted by atomic mass is 79.9. The third-order valence-electron chi connectivity index (χ3n) is 2.61. The molecule has 5 heteroatoms. The van der Waals surface area contributed by atoms with Crippen LogP contribution in [0.1, 0.15) is 15.9 Å². The molecule has 2 aromatic carbocycles. The largest absolute Gasteiger partial charge is 0.322 e. The Morgan fingerprint density at radius 2 is 2.00 bits per heavy atom. The van der Waals surface area contributed by atoms with E-state index in [0.29, 0.717) is 21.8 Å². The predicted octanol–water partition coefficient (Wildman–Crippen LogP) is 4.80. The van der Waals surface area contributed by atoms with Crippen LogP contribution >= 0.6 is 27.5 Å². The second kappa shape index (κ2) is 5.72. The molecule has 19 heavy (non-hydrogen) atoms. The minimum atomic E-state index is -0.337. The van der Waals surface area contributed by atoms with Crippen LogP contribution in [0.15, 0.2) is 40.9 Å². The summed E-state index contributed by atoms with van der Waals surface area (Å²) >= 11 is 9.27. The fourth-order valence-electron chi connectivity index (χ4n) is 1.63. The zero-order chi connectivity index (χ0) is 14.0. The van der Waals surface area contributed by atoms with E-state index >= 15 is 0 Å². The van der Waals surface area contributed by atoms with Gasteiger partial charge in [0.05, 0.1) is 10.6 Å². The number of nitrogens with one attached hydrogen (secondary N) is 1. The molecule has 98 valence electrons. The van der Waals surface area contributed by atoms with E-state index < -0.39 is 0 Å². The number of anilines is 1. The van der Waals surface area contributed by atoms with Gasteiger partial charge >= 0.3 is 0 Å². The maximum atomic E-state index is 13.0. The second-order valence-electron chi connectivity index (χ2n) is 4.04. The van der Waals surface area contributed by atoms with Crippen LogP contribution in [-0.2, 0) is 0 Å². The highest BCUT2D eigenvalue weighted by Crippen LogP contribution is 2.23. The van der Waals surface area contributed by atoms with Gasteiger partial charge in [-0.3, -0.25) is 4.79 Å². The summed E-state index contributed by atoms with van der Waals surface area (Å²) in [5, 5.41) is 3.07. The van der Waals surface area contributed by atoms with Gasteiger partial charge in [-0.25, -0.2) is 4.39 Å². The van der Waals surface area contributed by atoms with Crippen molar-refractivity contribution in [2.45, 2.75) is 6.92 Å². The molecule has 0 spiro atoms. The Balaban J connectivity index is 2.28. The number of carbonyl (C=O) groups excluding carboxylic acids is 1. The number of amides is 1. The fourth-order valence-corrected chi connectivity index (χ4v) is 2.19. The Labute approximate surface area is 123 Å². The smallest absolute Gasteiger partial charge is 0.257 e. The highest BCUT2D eigenvalue weighted by Gasteiger charge is 2.12. The van der Waals surface area contributed by atoms with Crippen molar-refractivity contribution >= 4 is 39.1 Å². The quantitative estimate of drug-likeness (QED) is 0.834. The number of hydrogen-bond donors (Lipinski definition) is 1. The molecule has 0 aromatic heterocycles. The molecule has 0 aliphatic carbocycles. The number of halogens is 3. The summed E-state index contributed by atoms with van der Waals surface area (Å²) in [6, 6.07) is 9.20. The Morgan fingerprint density at radius 3 is 2.68 bits per heavy atom. The second-order valence-corrected chi connectivity index (χ2v) is 5.36. The van der Waals surface area contributed by atoms with Crippen molar-refractivity contribution < 1.29 is 9.18 Å². The van der Waals surface area contributed by atoms with Gasteiger partial charge in [-0.2, -0.15) is 0 Å². The van der Waals surface area contributed by atoms with E-state index in [2.05, 4.69) is 21.2 Å². The number of rotatable bonds is 2. The SMILES string of the molecule is Cc1cc(F)ccc1NC(=O)c1cc(Br)ccc1Cl. The third-order valence-corrected chi connectivity index (χ3v) is 3.43. The standard InChI is InChI=1S/C14H10BrClFNO/c1-8-6-10(17)3-5-13(8)18-14(19)11-7-9(15)2-4-12(11)16/h2-7H,1H3,(H,18,19). The number of aryl methyl sites for hydroxylation is 1. The Hall–Kier alpha value is -1.39. The van der Waals surface area contributed by atoms with Crippen molar-refractivity contribution in [1.29, 1.82) is 0 Å². The van der Waals surface area contributed by atoms with Gasteiger partial charge < -0.3 is 5.32 Å². The molecule has 0 heterocycles. The lowest BCUT2D eigenvalue weighted by Gasteiger charge is -2.09. The maximum Gasteiger partial charge on any atom is 0.257 e. The summed E-state index contributed by atoms with van der Waals surface area (Å²) in [5.74, 6) is -0.669. The van der Waals surface area contributed by atoms with Crippen molar-refractivity contribution in [3.8, 4) is 0 Å². The number of benzene rings is 2.